The van der Waals surface area contributed by atoms with Crippen molar-refractivity contribution in [3.05, 3.63) is 0 Å². The summed E-state index contributed by atoms with van der Waals surface area (Å²) >= 11 is 0. The minimum Gasteiger partial charge on any atom is -0.372 e. The van der Waals surface area contributed by atoms with Crippen molar-refractivity contribution < 1.29 is 4.79 Å². The molecule has 0 unspecified atom stereocenters. The lowest BCUT2D eigenvalue weighted by Crippen LogP contribution is -2.08. The van der Waals surface area contributed by atoms with Crippen molar-refractivity contribution in [2.45, 2.75) is 6.92 Å². The van der Waals surface area contributed by atoms with Gasteiger partial charge in [0.1, 0.15) is 0 Å². The standard InChI is InChI=1S/C4H11N.CH3NO.ClH/c1-4-5(2)3;2-1-3;/h4H2,1-3H3;1H,(H2,2,3);1H. The largest absolute Gasteiger partial charge is 0.372 e. The molecule has 58 valence electrons. The van der Waals surface area contributed by atoms with Crippen LogP contribution in [0.1, 0.15) is 6.92 Å². The Bertz CT molecular complexity index is 50.2. The molecule has 0 atom stereocenters. The summed E-state index contributed by atoms with van der Waals surface area (Å²) in [7, 11) is 4.11. The van der Waals surface area contributed by atoms with Gasteiger partial charge in [-0.05, 0) is 20.6 Å². The lowest BCUT2D eigenvalue weighted by atomic mass is 10.7. The van der Waals surface area contributed by atoms with Crippen LogP contribution in [0.3, 0.4) is 0 Å². The molecule has 0 aromatic heterocycles. The van der Waals surface area contributed by atoms with Gasteiger partial charge in [0.25, 0.3) is 0 Å². The number of primary amides is 1. The van der Waals surface area contributed by atoms with Crippen LogP contribution in [0.5, 0.6) is 0 Å². The average molecular weight is 155 g/mol. The second-order valence-electron chi connectivity index (χ2n) is 1.53. The van der Waals surface area contributed by atoms with Crippen LogP contribution in [0.2, 0.25) is 0 Å². The van der Waals surface area contributed by atoms with E-state index < -0.39 is 0 Å². The van der Waals surface area contributed by atoms with E-state index in [0.717, 1.165) is 6.54 Å². The van der Waals surface area contributed by atoms with Gasteiger partial charge in [0, 0.05) is 0 Å². The smallest absolute Gasteiger partial charge is 0.204 e. The van der Waals surface area contributed by atoms with E-state index in [9.17, 15) is 0 Å². The van der Waals surface area contributed by atoms with Gasteiger partial charge < -0.3 is 10.6 Å². The highest BCUT2D eigenvalue weighted by molar-refractivity contribution is 5.85. The number of hydrogen-bond acceptors (Lipinski definition) is 2. The van der Waals surface area contributed by atoms with Gasteiger partial charge in [-0.25, -0.2) is 0 Å². The molecule has 0 rings (SSSR count). The van der Waals surface area contributed by atoms with Crippen molar-refractivity contribution in [2.24, 2.45) is 5.73 Å². The normalized spacial score (nSPS) is 6.67. The number of halogens is 1. The quantitative estimate of drug-likeness (QED) is 0.545. The molecule has 0 saturated heterocycles. The molecule has 0 bridgehead atoms. The molecule has 9 heavy (non-hydrogen) atoms. The number of hydrogen-bond donors (Lipinski definition) is 1. The molecule has 0 aromatic rings. The van der Waals surface area contributed by atoms with Gasteiger partial charge >= 0.3 is 0 Å². The zero-order valence-electron chi connectivity index (χ0n) is 6.13. The maximum Gasteiger partial charge on any atom is 0.204 e. The van der Waals surface area contributed by atoms with E-state index in [0.29, 0.717) is 0 Å². The minimum atomic E-state index is 0. The van der Waals surface area contributed by atoms with Gasteiger partial charge in [0.15, 0.2) is 0 Å². The van der Waals surface area contributed by atoms with Crippen molar-refractivity contribution >= 4 is 18.8 Å². The molecule has 0 radical (unpaired) electrons. The molecule has 4 heteroatoms. The van der Waals surface area contributed by atoms with Crippen LogP contribution in [0.25, 0.3) is 0 Å². The van der Waals surface area contributed by atoms with Crippen LogP contribution in [-0.2, 0) is 4.79 Å². The number of nitrogens with two attached hydrogens (primary N) is 1. The zero-order valence-corrected chi connectivity index (χ0v) is 6.94. The molecule has 0 aliphatic heterocycles. The second-order valence-corrected chi connectivity index (χ2v) is 1.53. The van der Waals surface area contributed by atoms with Gasteiger partial charge in [-0.3, -0.25) is 4.79 Å². The second kappa shape index (κ2) is 15.6. The van der Waals surface area contributed by atoms with Gasteiger partial charge in [-0.15, -0.1) is 12.4 Å². The summed E-state index contributed by atoms with van der Waals surface area (Å²) in [4.78, 5) is 10.7. The van der Waals surface area contributed by atoms with Crippen molar-refractivity contribution in [1.29, 1.82) is 0 Å². The fraction of sp³-hybridized carbons (Fsp3) is 0.800. The number of rotatable bonds is 1. The molecular weight excluding hydrogens is 140 g/mol. The Morgan fingerprint density at radius 1 is 1.56 bits per heavy atom. The maximum absolute atomic E-state index is 8.58. The Morgan fingerprint density at radius 2 is 1.67 bits per heavy atom. The predicted octanol–water partition coefficient (Wildman–Crippen LogP) is 0.0912. The van der Waals surface area contributed by atoms with Crippen molar-refractivity contribution in [3.8, 4) is 0 Å². The van der Waals surface area contributed by atoms with Gasteiger partial charge in [-0.1, -0.05) is 6.92 Å². The summed E-state index contributed by atoms with van der Waals surface area (Å²) in [6.45, 7) is 3.26. The first-order valence-electron chi connectivity index (χ1n) is 2.49. The first-order chi connectivity index (χ1) is 3.68. The summed E-state index contributed by atoms with van der Waals surface area (Å²) in [6.07, 6.45) is 0.250. The summed E-state index contributed by atoms with van der Waals surface area (Å²) in [6, 6.07) is 0. The van der Waals surface area contributed by atoms with Crippen LogP contribution >= 0.6 is 12.4 Å². The summed E-state index contributed by atoms with van der Waals surface area (Å²) in [5, 5.41) is 0. The van der Waals surface area contributed by atoms with E-state index in [1.807, 2.05) is 0 Å². The molecule has 0 fully saturated rings. The van der Waals surface area contributed by atoms with E-state index in [1.54, 1.807) is 0 Å². The van der Waals surface area contributed by atoms with Crippen LogP contribution < -0.4 is 5.73 Å². The molecular formula is C5H15ClN2O. The van der Waals surface area contributed by atoms with Gasteiger partial charge in [0.2, 0.25) is 6.41 Å². The third-order valence-electron chi connectivity index (χ3n) is 0.632. The maximum atomic E-state index is 8.58. The average Bonchev–Trinajstić information content (AvgIpc) is 1.69. The Balaban J connectivity index is -0.0000000800. The van der Waals surface area contributed by atoms with Crippen LogP contribution in [0.4, 0.5) is 0 Å². The Labute approximate surface area is 62.6 Å². The van der Waals surface area contributed by atoms with Crippen LogP contribution in [-0.4, -0.2) is 32.0 Å². The number of carbonyl (C=O) groups excluding carboxylic acids is 1. The summed E-state index contributed by atoms with van der Waals surface area (Å²) < 4.78 is 0. The van der Waals surface area contributed by atoms with Gasteiger partial charge in [-0.2, -0.15) is 0 Å². The Kier molecular flexibility index (Phi) is 27.6. The van der Waals surface area contributed by atoms with Crippen molar-refractivity contribution in [2.75, 3.05) is 20.6 Å². The minimum absolute atomic E-state index is 0. The fourth-order valence-corrected chi connectivity index (χ4v) is 0. The molecule has 0 aliphatic rings. The lowest BCUT2D eigenvalue weighted by Gasteiger charge is -2.00. The first-order valence-corrected chi connectivity index (χ1v) is 2.49. The van der Waals surface area contributed by atoms with Crippen molar-refractivity contribution in [1.82, 2.24) is 4.90 Å². The molecule has 0 aliphatic carbocycles. The number of carbonyl (C=O) groups is 1. The summed E-state index contributed by atoms with van der Waals surface area (Å²) in [5.74, 6) is 0. The number of amides is 1. The summed E-state index contributed by atoms with van der Waals surface area (Å²) in [5.41, 5.74) is 4.17. The highest BCUT2D eigenvalue weighted by Crippen LogP contribution is 1.63. The molecule has 0 heterocycles. The van der Waals surface area contributed by atoms with E-state index in [1.165, 1.54) is 0 Å². The third kappa shape index (κ3) is 85.4. The van der Waals surface area contributed by atoms with Crippen LogP contribution in [0, 0.1) is 0 Å². The van der Waals surface area contributed by atoms with E-state index >= 15 is 0 Å². The van der Waals surface area contributed by atoms with Gasteiger partial charge in [0.05, 0.1) is 0 Å². The van der Waals surface area contributed by atoms with Crippen LogP contribution in [0.15, 0.2) is 0 Å². The van der Waals surface area contributed by atoms with Crippen molar-refractivity contribution in [3.63, 3.8) is 0 Å². The Morgan fingerprint density at radius 3 is 1.67 bits per heavy atom. The molecule has 0 spiro atoms. The highest BCUT2D eigenvalue weighted by atomic mass is 35.5. The Hall–Kier alpha value is -0.280. The first kappa shape index (κ1) is 15.9. The zero-order chi connectivity index (χ0) is 6.99. The third-order valence-corrected chi connectivity index (χ3v) is 0.632. The van der Waals surface area contributed by atoms with E-state index in [4.69, 9.17) is 4.79 Å². The predicted molar refractivity (Wildman–Crippen MR) is 41.7 cm³/mol. The molecule has 1 amide bonds. The SMILES string of the molecule is CCN(C)C.Cl.NC=O. The molecule has 0 saturated carbocycles. The van der Waals surface area contributed by atoms with E-state index in [-0.39, 0.29) is 18.8 Å². The number of nitrogens with zero attached hydrogens (tertiary/aromatic N) is 1. The molecule has 2 N–H and O–H groups in total. The topological polar surface area (TPSA) is 46.3 Å². The highest BCUT2D eigenvalue weighted by Gasteiger charge is 1.72. The fourth-order valence-electron chi connectivity index (χ4n) is 0. The lowest BCUT2D eigenvalue weighted by molar-refractivity contribution is -0.106. The molecule has 3 nitrogen and oxygen atoms in total. The molecule has 0 aromatic carbocycles. The van der Waals surface area contributed by atoms with E-state index in [2.05, 4.69) is 31.7 Å². The monoisotopic (exact) mass is 154 g/mol.